The summed E-state index contributed by atoms with van der Waals surface area (Å²) in [5.41, 5.74) is 0. The molecule has 0 fully saturated rings. The number of nitrogens with one attached hydrogen (secondary N) is 1. The third-order valence-corrected chi connectivity index (χ3v) is 2.80. The molecule has 0 amide bonds. The van der Waals surface area contributed by atoms with Gasteiger partial charge in [0.05, 0.1) is 6.61 Å². The molecule has 72 valence electrons. The van der Waals surface area contributed by atoms with Crippen LogP contribution in [0.1, 0.15) is 0 Å². The minimum absolute atomic E-state index is 0.740. The lowest BCUT2D eigenvalue weighted by Crippen LogP contribution is -2.10. The van der Waals surface area contributed by atoms with Gasteiger partial charge in [0.2, 0.25) is 0 Å². The molecule has 2 nitrogen and oxygen atoms in total. The first-order valence-electron chi connectivity index (χ1n) is 3.97. The number of ether oxygens (including phenoxy) is 1. The van der Waals surface area contributed by atoms with Gasteiger partial charge in [-0.05, 0) is 36.2 Å². The lowest BCUT2D eigenvalue weighted by molar-refractivity contribution is 0.205. The third-order valence-electron chi connectivity index (χ3n) is 1.41. The van der Waals surface area contributed by atoms with Crippen LogP contribution in [0.5, 0.6) is 0 Å². The monoisotopic (exact) mass is 261 g/mol. The van der Waals surface area contributed by atoms with E-state index >= 15 is 0 Å². The summed E-state index contributed by atoms with van der Waals surface area (Å²) in [6, 6.07) is 8.18. The van der Waals surface area contributed by atoms with Gasteiger partial charge in [-0.25, -0.2) is 0 Å². The molecule has 1 aromatic carbocycles. The summed E-state index contributed by atoms with van der Waals surface area (Å²) in [6.45, 7) is 1.60. The molecule has 0 saturated carbocycles. The van der Waals surface area contributed by atoms with Crippen molar-refractivity contribution in [2.45, 2.75) is 4.90 Å². The minimum atomic E-state index is 0.740. The maximum Gasteiger partial charge on any atom is 0.0596 e. The zero-order valence-corrected chi connectivity index (χ0v) is 9.82. The predicted molar refractivity (Wildman–Crippen MR) is 59.9 cm³/mol. The molecule has 0 aromatic heterocycles. The Bertz CT molecular complexity index is 240. The molecule has 0 aliphatic rings. The van der Waals surface area contributed by atoms with Crippen LogP contribution in [0.4, 0.5) is 0 Å². The van der Waals surface area contributed by atoms with Gasteiger partial charge >= 0.3 is 0 Å². The van der Waals surface area contributed by atoms with Crippen molar-refractivity contribution >= 4 is 27.9 Å². The van der Waals surface area contributed by atoms with Crippen molar-refractivity contribution in [3.8, 4) is 0 Å². The first-order valence-corrected chi connectivity index (χ1v) is 5.58. The van der Waals surface area contributed by atoms with Gasteiger partial charge in [-0.3, -0.25) is 4.72 Å². The Morgan fingerprint density at radius 2 is 2.08 bits per heavy atom. The Morgan fingerprint density at radius 1 is 1.38 bits per heavy atom. The second-order valence-electron chi connectivity index (χ2n) is 2.44. The van der Waals surface area contributed by atoms with E-state index < -0.39 is 0 Å². The average molecular weight is 262 g/mol. The van der Waals surface area contributed by atoms with Crippen molar-refractivity contribution in [3.63, 3.8) is 0 Å². The molecule has 1 rings (SSSR count). The summed E-state index contributed by atoms with van der Waals surface area (Å²) in [4.78, 5) is 1.21. The molecule has 0 saturated heterocycles. The maximum atomic E-state index is 4.92. The van der Waals surface area contributed by atoms with E-state index in [1.807, 2.05) is 12.1 Å². The summed E-state index contributed by atoms with van der Waals surface area (Å²) >= 11 is 5.01. The molecule has 13 heavy (non-hydrogen) atoms. The smallest absolute Gasteiger partial charge is 0.0596 e. The minimum Gasteiger partial charge on any atom is -0.383 e. The zero-order valence-electron chi connectivity index (χ0n) is 7.42. The topological polar surface area (TPSA) is 21.3 Å². The van der Waals surface area contributed by atoms with Crippen LogP contribution in [-0.2, 0) is 4.74 Å². The summed E-state index contributed by atoms with van der Waals surface area (Å²) < 4.78 is 9.22. The summed E-state index contributed by atoms with van der Waals surface area (Å²) in [6.07, 6.45) is 0. The summed E-state index contributed by atoms with van der Waals surface area (Å²) in [5.74, 6) is 0. The van der Waals surface area contributed by atoms with Gasteiger partial charge in [-0.15, -0.1) is 0 Å². The Hall–Kier alpha value is -0.0300. The van der Waals surface area contributed by atoms with E-state index in [-0.39, 0.29) is 0 Å². The molecule has 0 heterocycles. The van der Waals surface area contributed by atoms with Gasteiger partial charge in [-0.1, -0.05) is 15.9 Å². The number of halogens is 1. The molecule has 0 radical (unpaired) electrons. The fraction of sp³-hybridized carbons (Fsp3) is 0.333. The Balaban J connectivity index is 2.25. The Kier molecular flexibility index (Phi) is 5.46. The van der Waals surface area contributed by atoms with E-state index in [1.54, 1.807) is 19.1 Å². The molecule has 1 aromatic rings. The SMILES string of the molecule is COCCNSc1ccc(Br)cc1. The van der Waals surface area contributed by atoms with Crippen LogP contribution in [0, 0.1) is 0 Å². The molecule has 0 atom stereocenters. The molecule has 0 aliphatic heterocycles. The van der Waals surface area contributed by atoms with Crippen molar-refractivity contribution < 1.29 is 4.74 Å². The van der Waals surface area contributed by atoms with Crippen LogP contribution < -0.4 is 4.72 Å². The standard InChI is InChI=1S/C9H12BrNOS/c1-12-7-6-11-13-9-4-2-8(10)3-5-9/h2-5,11H,6-7H2,1H3. The second-order valence-corrected chi connectivity index (χ2v) is 4.32. The molecule has 0 spiro atoms. The predicted octanol–water partition coefficient (Wildman–Crippen LogP) is 2.69. The fourth-order valence-corrected chi connectivity index (χ4v) is 1.67. The van der Waals surface area contributed by atoms with Crippen LogP contribution in [0.25, 0.3) is 0 Å². The second kappa shape index (κ2) is 6.43. The van der Waals surface area contributed by atoms with Gasteiger partial charge in [0.15, 0.2) is 0 Å². The third kappa shape index (κ3) is 4.67. The van der Waals surface area contributed by atoms with Gasteiger partial charge in [-0.2, -0.15) is 0 Å². The number of benzene rings is 1. The normalized spacial score (nSPS) is 10.3. The quantitative estimate of drug-likeness (QED) is 0.651. The number of hydrogen-bond donors (Lipinski definition) is 1. The van der Waals surface area contributed by atoms with E-state index in [0.717, 1.165) is 17.6 Å². The van der Waals surface area contributed by atoms with Crippen LogP contribution in [0.3, 0.4) is 0 Å². The Morgan fingerprint density at radius 3 is 2.69 bits per heavy atom. The van der Waals surface area contributed by atoms with Crippen molar-refractivity contribution in [1.29, 1.82) is 0 Å². The fourth-order valence-electron chi connectivity index (χ4n) is 0.781. The molecule has 0 aliphatic carbocycles. The van der Waals surface area contributed by atoms with Gasteiger partial charge in [0, 0.05) is 23.0 Å². The lowest BCUT2D eigenvalue weighted by atomic mass is 10.4. The highest BCUT2D eigenvalue weighted by molar-refractivity contribution is 9.10. The van der Waals surface area contributed by atoms with E-state index in [1.165, 1.54) is 4.90 Å². The van der Waals surface area contributed by atoms with Crippen LogP contribution in [0.2, 0.25) is 0 Å². The van der Waals surface area contributed by atoms with Crippen molar-refractivity contribution in [2.24, 2.45) is 0 Å². The first-order chi connectivity index (χ1) is 6.33. The van der Waals surface area contributed by atoms with Crippen molar-refractivity contribution in [3.05, 3.63) is 28.7 Å². The molecule has 0 bridgehead atoms. The van der Waals surface area contributed by atoms with E-state index in [4.69, 9.17) is 4.74 Å². The van der Waals surface area contributed by atoms with Crippen molar-refractivity contribution in [2.75, 3.05) is 20.3 Å². The molecule has 0 unspecified atom stereocenters. The molecule has 1 N–H and O–H groups in total. The molecular weight excluding hydrogens is 250 g/mol. The maximum absolute atomic E-state index is 4.92. The van der Waals surface area contributed by atoms with Crippen LogP contribution in [0.15, 0.2) is 33.6 Å². The number of rotatable bonds is 5. The lowest BCUT2D eigenvalue weighted by Gasteiger charge is -2.02. The van der Waals surface area contributed by atoms with Gasteiger partial charge in [0.25, 0.3) is 0 Å². The van der Waals surface area contributed by atoms with Gasteiger partial charge in [0.1, 0.15) is 0 Å². The van der Waals surface area contributed by atoms with E-state index in [2.05, 4.69) is 32.8 Å². The largest absolute Gasteiger partial charge is 0.383 e. The summed E-state index contributed by atoms with van der Waals surface area (Å²) in [7, 11) is 1.70. The van der Waals surface area contributed by atoms with E-state index in [9.17, 15) is 0 Å². The highest BCUT2D eigenvalue weighted by atomic mass is 79.9. The number of hydrogen-bond acceptors (Lipinski definition) is 3. The molecular formula is C9H12BrNOS. The van der Waals surface area contributed by atoms with E-state index in [0.29, 0.717) is 0 Å². The number of methoxy groups -OCH3 is 1. The van der Waals surface area contributed by atoms with Crippen LogP contribution >= 0.6 is 27.9 Å². The summed E-state index contributed by atoms with van der Waals surface area (Å²) in [5, 5.41) is 0. The highest BCUT2D eigenvalue weighted by Crippen LogP contribution is 2.17. The zero-order chi connectivity index (χ0) is 9.52. The molecule has 4 heteroatoms. The first kappa shape index (κ1) is 11.0. The average Bonchev–Trinajstić information content (AvgIpc) is 2.15. The highest BCUT2D eigenvalue weighted by Gasteiger charge is 1.92. The Labute approximate surface area is 91.3 Å². The van der Waals surface area contributed by atoms with Gasteiger partial charge < -0.3 is 4.74 Å². The van der Waals surface area contributed by atoms with Crippen molar-refractivity contribution in [1.82, 2.24) is 4.72 Å². The van der Waals surface area contributed by atoms with Crippen LogP contribution in [-0.4, -0.2) is 20.3 Å².